The van der Waals surface area contributed by atoms with Gasteiger partial charge >= 0.3 is 0 Å². The Labute approximate surface area is 193 Å². The van der Waals surface area contributed by atoms with E-state index in [-0.39, 0.29) is 21.8 Å². The van der Waals surface area contributed by atoms with E-state index in [1.165, 1.54) is 41.8 Å². The first-order valence-corrected chi connectivity index (χ1v) is 12.3. The van der Waals surface area contributed by atoms with Gasteiger partial charge in [0.05, 0.1) is 4.90 Å². The van der Waals surface area contributed by atoms with Crippen molar-refractivity contribution in [3.63, 3.8) is 0 Å². The molecule has 1 aliphatic rings. The van der Waals surface area contributed by atoms with Gasteiger partial charge in [-0.25, -0.2) is 13.4 Å². The number of aromatic nitrogens is 2. The molecule has 0 radical (unpaired) electrons. The van der Waals surface area contributed by atoms with E-state index in [2.05, 4.69) is 20.2 Å². The molecule has 1 amide bonds. The number of benzene rings is 2. The molecule has 0 fully saturated rings. The van der Waals surface area contributed by atoms with Gasteiger partial charge in [0, 0.05) is 35.3 Å². The van der Waals surface area contributed by atoms with Gasteiger partial charge in [0.2, 0.25) is 0 Å². The second-order valence-electron chi connectivity index (χ2n) is 7.45. The molecule has 2 aromatic heterocycles. The van der Waals surface area contributed by atoms with E-state index in [0.29, 0.717) is 11.4 Å². The fourth-order valence-electron chi connectivity index (χ4n) is 3.45. The molecule has 9 nitrogen and oxygen atoms in total. The summed E-state index contributed by atoms with van der Waals surface area (Å²) in [4.78, 5) is 16.6. The molecule has 33 heavy (non-hydrogen) atoms. The Bertz CT molecular complexity index is 1410. The average Bonchev–Trinajstić information content (AvgIpc) is 3.53. The maximum atomic E-state index is 12.6. The minimum Gasteiger partial charge on any atom is -0.490 e. The highest BCUT2D eigenvalue weighted by atomic mass is 32.2. The van der Waals surface area contributed by atoms with E-state index in [9.17, 15) is 13.2 Å². The lowest BCUT2D eigenvalue weighted by molar-refractivity contribution is 0.101. The Morgan fingerprint density at radius 1 is 1.15 bits per heavy atom. The molecule has 2 N–H and O–H groups in total. The number of sulfonamides is 1. The van der Waals surface area contributed by atoms with E-state index < -0.39 is 15.9 Å². The van der Waals surface area contributed by atoms with E-state index >= 15 is 0 Å². The number of amides is 1. The minimum atomic E-state index is -3.77. The summed E-state index contributed by atoms with van der Waals surface area (Å²) in [7, 11) is -3.77. The molecule has 1 aliphatic heterocycles. The first-order valence-electron chi connectivity index (χ1n) is 9.98. The Hall–Kier alpha value is -3.70. The summed E-state index contributed by atoms with van der Waals surface area (Å²) in [5, 5.41) is 8.50. The molecule has 168 valence electrons. The van der Waals surface area contributed by atoms with Crippen molar-refractivity contribution in [3.05, 3.63) is 71.4 Å². The minimum absolute atomic E-state index is 0.0503. The number of carbonyl (C=O) groups is 1. The van der Waals surface area contributed by atoms with Crippen LogP contribution in [0.3, 0.4) is 0 Å². The van der Waals surface area contributed by atoms with Crippen molar-refractivity contribution < 1.29 is 22.5 Å². The highest BCUT2D eigenvalue weighted by Gasteiger charge is 2.21. The number of fused-ring (bicyclic) bond motifs is 1. The van der Waals surface area contributed by atoms with Crippen LogP contribution >= 0.6 is 11.3 Å². The molecule has 5 rings (SSSR count). The van der Waals surface area contributed by atoms with Gasteiger partial charge in [-0.05, 0) is 55.0 Å². The van der Waals surface area contributed by atoms with Crippen molar-refractivity contribution in [1.29, 1.82) is 0 Å². The number of hydrogen-bond donors (Lipinski definition) is 2. The third kappa shape index (κ3) is 4.45. The lowest BCUT2D eigenvalue weighted by atomic mass is 10.1. The maximum Gasteiger partial charge on any atom is 0.277 e. The van der Waals surface area contributed by atoms with Crippen molar-refractivity contribution in [2.24, 2.45) is 0 Å². The fraction of sp³-hybridized carbons (Fsp3) is 0.136. The topological polar surface area (TPSA) is 123 Å². The summed E-state index contributed by atoms with van der Waals surface area (Å²) in [5.74, 6) is 0.855. The summed E-state index contributed by atoms with van der Waals surface area (Å²) in [6.07, 6.45) is 2.46. The van der Waals surface area contributed by atoms with Crippen LogP contribution in [0.2, 0.25) is 0 Å². The number of anilines is 2. The van der Waals surface area contributed by atoms with E-state index in [1.54, 1.807) is 11.4 Å². The zero-order valence-corrected chi connectivity index (χ0v) is 18.9. The predicted octanol–water partition coefficient (Wildman–Crippen LogP) is 4.17. The van der Waals surface area contributed by atoms with Crippen LogP contribution < -0.4 is 14.8 Å². The average molecular weight is 483 g/mol. The second-order valence-corrected chi connectivity index (χ2v) is 10.0. The van der Waals surface area contributed by atoms with Gasteiger partial charge in [0.25, 0.3) is 15.9 Å². The number of nitrogens with zero attached hydrogens (tertiary/aromatic N) is 2. The zero-order chi connectivity index (χ0) is 23.0. The molecule has 4 aromatic rings. The van der Waals surface area contributed by atoms with Crippen LogP contribution in [-0.4, -0.2) is 30.6 Å². The SMILES string of the molecule is C[C@@H]1Cc2cc(-c3cc(C(=O)Nc4ccc(S(=O)(=O)Nc5nccs5)cc4)no3)ccc2O1. The highest BCUT2D eigenvalue weighted by molar-refractivity contribution is 7.93. The van der Waals surface area contributed by atoms with Gasteiger partial charge in [-0.2, -0.15) is 0 Å². The van der Waals surface area contributed by atoms with Gasteiger partial charge in [-0.1, -0.05) is 5.16 Å². The molecule has 0 bridgehead atoms. The number of rotatable bonds is 6. The normalized spacial score (nSPS) is 15.0. The Balaban J connectivity index is 1.27. The second kappa shape index (κ2) is 8.34. The molecular formula is C22H18N4O5S2. The van der Waals surface area contributed by atoms with Crippen molar-refractivity contribution in [3.8, 4) is 17.1 Å². The Morgan fingerprint density at radius 3 is 2.73 bits per heavy atom. The molecule has 1 atom stereocenters. The lowest BCUT2D eigenvalue weighted by Gasteiger charge is -2.07. The van der Waals surface area contributed by atoms with Crippen LogP contribution in [0.5, 0.6) is 5.75 Å². The first-order chi connectivity index (χ1) is 15.9. The van der Waals surface area contributed by atoms with Crippen LogP contribution in [0.15, 0.2) is 69.5 Å². The molecule has 0 saturated heterocycles. The van der Waals surface area contributed by atoms with Crippen molar-refractivity contribution in [2.45, 2.75) is 24.3 Å². The molecule has 2 aromatic carbocycles. The third-order valence-corrected chi connectivity index (χ3v) is 7.17. The van der Waals surface area contributed by atoms with Crippen molar-refractivity contribution in [2.75, 3.05) is 10.0 Å². The van der Waals surface area contributed by atoms with E-state index in [4.69, 9.17) is 9.26 Å². The Morgan fingerprint density at radius 2 is 1.97 bits per heavy atom. The van der Waals surface area contributed by atoms with Crippen LogP contribution in [0.4, 0.5) is 10.8 Å². The van der Waals surface area contributed by atoms with Crippen molar-refractivity contribution in [1.82, 2.24) is 10.1 Å². The number of carbonyl (C=O) groups excluding carboxylic acids is 1. The van der Waals surface area contributed by atoms with Gasteiger partial charge in [-0.3, -0.25) is 9.52 Å². The monoisotopic (exact) mass is 482 g/mol. The number of hydrogen-bond acceptors (Lipinski definition) is 8. The van der Waals surface area contributed by atoms with Crippen LogP contribution in [0.1, 0.15) is 23.0 Å². The van der Waals surface area contributed by atoms with Gasteiger partial charge in [-0.15, -0.1) is 11.3 Å². The van der Waals surface area contributed by atoms with Crippen LogP contribution in [0.25, 0.3) is 11.3 Å². The lowest BCUT2D eigenvalue weighted by Crippen LogP contribution is -2.14. The summed E-state index contributed by atoms with van der Waals surface area (Å²) in [6.45, 7) is 2.01. The molecule has 3 heterocycles. The number of thiazole rings is 1. The van der Waals surface area contributed by atoms with E-state index in [0.717, 1.165) is 23.3 Å². The third-order valence-electron chi connectivity index (χ3n) is 5.00. The smallest absolute Gasteiger partial charge is 0.277 e. The summed E-state index contributed by atoms with van der Waals surface area (Å²) in [5.41, 5.74) is 2.42. The van der Waals surface area contributed by atoms with Gasteiger partial charge in [0.15, 0.2) is 16.6 Å². The Kier molecular flexibility index (Phi) is 5.35. The standard InChI is InChI=1S/C22H18N4O5S2/c1-13-10-15-11-14(2-7-19(15)30-13)20-12-18(25-31-20)21(27)24-16-3-5-17(6-4-16)33(28,29)26-22-23-8-9-32-22/h2-9,11-13H,10H2,1H3,(H,23,26)(H,24,27)/t13-/m1/s1. The maximum absolute atomic E-state index is 12.6. The largest absolute Gasteiger partial charge is 0.490 e. The van der Waals surface area contributed by atoms with Gasteiger partial charge in [0.1, 0.15) is 11.9 Å². The molecule has 11 heteroatoms. The molecule has 0 unspecified atom stereocenters. The predicted molar refractivity (Wildman–Crippen MR) is 123 cm³/mol. The molecule has 0 aliphatic carbocycles. The van der Waals surface area contributed by atoms with Crippen molar-refractivity contribution >= 4 is 38.1 Å². The highest BCUT2D eigenvalue weighted by Crippen LogP contribution is 2.33. The fourth-order valence-corrected chi connectivity index (χ4v) is 5.24. The number of nitrogens with one attached hydrogen (secondary N) is 2. The summed E-state index contributed by atoms with van der Waals surface area (Å²) in [6, 6.07) is 13.1. The van der Waals surface area contributed by atoms with E-state index in [1.807, 2.05) is 25.1 Å². The van der Waals surface area contributed by atoms with Crippen LogP contribution in [-0.2, 0) is 16.4 Å². The molecular weight excluding hydrogens is 464 g/mol. The summed E-state index contributed by atoms with van der Waals surface area (Å²) >= 11 is 1.18. The summed E-state index contributed by atoms with van der Waals surface area (Å²) < 4.78 is 38.3. The zero-order valence-electron chi connectivity index (χ0n) is 17.3. The number of ether oxygens (including phenoxy) is 1. The molecule has 0 saturated carbocycles. The van der Waals surface area contributed by atoms with Gasteiger partial charge < -0.3 is 14.6 Å². The molecule has 0 spiro atoms. The quantitative estimate of drug-likeness (QED) is 0.423. The van der Waals surface area contributed by atoms with Crippen LogP contribution in [0, 0.1) is 0 Å². The first kappa shape index (κ1) is 21.2.